The van der Waals surface area contributed by atoms with Crippen LogP contribution in [0.3, 0.4) is 0 Å². The number of nitrogens with one attached hydrogen (secondary N) is 1. The van der Waals surface area contributed by atoms with Crippen LogP contribution in [0.1, 0.15) is 64.0 Å². The lowest BCUT2D eigenvalue weighted by Crippen LogP contribution is -2.39. The van der Waals surface area contributed by atoms with Crippen LogP contribution >= 0.6 is 0 Å². The number of carbonyl (C=O) groups is 3. The topological polar surface area (TPSA) is 73.0 Å². The summed E-state index contributed by atoms with van der Waals surface area (Å²) in [6.07, 6.45) is 5.64. The number of rotatable bonds is 9. The van der Waals surface area contributed by atoms with Crippen molar-refractivity contribution >= 4 is 17.7 Å². The smallest absolute Gasteiger partial charge is 0.228 e. The lowest BCUT2D eigenvalue weighted by atomic mass is 10.0. The summed E-state index contributed by atoms with van der Waals surface area (Å²) in [5.74, 6) is 1.98. The molecule has 0 aromatic heterocycles. The molecule has 1 aliphatic carbocycles. The summed E-state index contributed by atoms with van der Waals surface area (Å²) in [4.78, 5) is 44.9. The monoisotopic (exact) mass is 508 g/mol. The number of hydrogen-bond acceptors (Lipinski definition) is 4. The first-order chi connectivity index (χ1) is 17.9. The lowest BCUT2D eigenvalue weighted by molar-refractivity contribution is -0.135. The number of amides is 3. The summed E-state index contributed by atoms with van der Waals surface area (Å²) < 4.78 is 0. The Morgan fingerprint density at radius 2 is 1.62 bits per heavy atom. The summed E-state index contributed by atoms with van der Waals surface area (Å²) in [6, 6.07) is 10.4. The normalized spacial score (nSPS) is 27.3. The van der Waals surface area contributed by atoms with E-state index in [-0.39, 0.29) is 35.6 Å². The Labute approximate surface area is 221 Å². The molecule has 4 aliphatic rings. The molecule has 4 fully saturated rings. The summed E-state index contributed by atoms with van der Waals surface area (Å²) >= 11 is 0. The maximum absolute atomic E-state index is 13.2. The molecule has 3 amide bonds. The molecular formula is C30H44N4O3. The fraction of sp³-hybridized carbons (Fsp3) is 0.700. The van der Waals surface area contributed by atoms with Crippen LogP contribution in [0.4, 0.5) is 0 Å². The van der Waals surface area contributed by atoms with Crippen molar-refractivity contribution < 1.29 is 14.4 Å². The quantitative estimate of drug-likeness (QED) is 0.556. The number of nitrogens with zero attached hydrogens (tertiary/aromatic N) is 3. The van der Waals surface area contributed by atoms with Crippen molar-refractivity contribution in [1.29, 1.82) is 0 Å². The Hall–Kier alpha value is -2.41. The van der Waals surface area contributed by atoms with E-state index in [9.17, 15) is 14.4 Å². The number of likely N-dealkylation sites (tertiary alicyclic amines) is 3. The zero-order valence-electron chi connectivity index (χ0n) is 22.6. The van der Waals surface area contributed by atoms with Crippen molar-refractivity contribution in [2.24, 2.45) is 29.6 Å². The maximum atomic E-state index is 13.2. The van der Waals surface area contributed by atoms with Crippen molar-refractivity contribution in [3.05, 3.63) is 35.9 Å². The van der Waals surface area contributed by atoms with Gasteiger partial charge in [0.25, 0.3) is 0 Å². The second-order valence-corrected chi connectivity index (χ2v) is 12.4. The number of hydrogen-bond donors (Lipinski definition) is 1. The first-order valence-electron chi connectivity index (χ1n) is 14.5. The molecule has 3 unspecified atom stereocenters. The fourth-order valence-electron chi connectivity index (χ4n) is 7.06. The fourth-order valence-corrected chi connectivity index (χ4v) is 7.06. The van der Waals surface area contributed by atoms with Gasteiger partial charge >= 0.3 is 0 Å². The third-order valence-electron chi connectivity index (χ3n) is 9.00. The van der Waals surface area contributed by atoms with Gasteiger partial charge in [0.1, 0.15) is 0 Å². The predicted octanol–water partition coefficient (Wildman–Crippen LogP) is 3.32. The van der Waals surface area contributed by atoms with E-state index < -0.39 is 0 Å². The first kappa shape index (κ1) is 26.2. The number of fused-ring (bicyclic) bond motifs is 1. The van der Waals surface area contributed by atoms with Gasteiger partial charge in [-0.2, -0.15) is 0 Å². The standard InChI is InChI=1S/C30H44N4O3/c1-21(2)15-33-18-24(14-28(33)35)30(37)34-19-25-16-32(17-26(25)20-34)13-12-27(22-8-4-3-5-9-22)31-29(36)23-10-6-7-11-23/h3-5,8-9,21,23-27H,6-7,10-20H2,1-2H3,(H,31,36)/t24?,25?,26?,27-/m0/s1. The molecule has 1 aromatic carbocycles. The molecule has 37 heavy (non-hydrogen) atoms. The lowest BCUT2D eigenvalue weighted by Gasteiger charge is -2.26. The molecule has 5 rings (SSSR count). The highest BCUT2D eigenvalue weighted by atomic mass is 16.2. The predicted molar refractivity (Wildman–Crippen MR) is 143 cm³/mol. The number of benzene rings is 1. The number of carbonyl (C=O) groups excluding carboxylic acids is 3. The second kappa shape index (κ2) is 11.5. The van der Waals surface area contributed by atoms with Crippen LogP contribution < -0.4 is 5.32 Å². The zero-order chi connectivity index (χ0) is 25.9. The minimum atomic E-state index is -0.170. The summed E-state index contributed by atoms with van der Waals surface area (Å²) in [5, 5.41) is 3.37. The third kappa shape index (κ3) is 6.19. The highest BCUT2D eigenvalue weighted by Gasteiger charge is 2.44. The van der Waals surface area contributed by atoms with E-state index in [2.05, 4.69) is 48.3 Å². The van der Waals surface area contributed by atoms with Gasteiger partial charge in [-0.25, -0.2) is 0 Å². The Balaban J connectivity index is 1.11. The van der Waals surface area contributed by atoms with Gasteiger partial charge in [-0.05, 0) is 42.6 Å². The molecule has 7 nitrogen and oxygen atoms in total. The van der Waals surface area contributed by atoms with E-state index in [1.807, 2.05) is 15.9 Å². The van der Waals surface area contributed by atoms with Crippen molar-refractivity contribution in [1.82, 2.24) is 20.0 Å². The van der Waals surface area contributed by atoms with Gasteiger partial charge < -0.3 is 20.0 Å². The molecule has 0 radical (unpaired) electrons. The van der Waals surface area contributed by atoms with Crippen LogP contribution in [-0.2, 0) is 14.4 Å². The highest BCUT2D eigenvalue weighted by molar-refractivity contribution is 5.89. The van der Waals surface area contributed by atoms with E-state index in [4.69, 9.17) is 0 Å². The molecule has 202 valence electrons. The molecule has 3 heterocycles. The van der Waals surface area contributed by atoms with Gasteiger partial charge in [0.2, 0.25) is 17.7 Å². The summed E-state index contributed by atoms with van der Waals surface area (Å²) in [7, 11) is 0. The maximum Gasteiger partial charge on any atom is 0.228 e. The van der Waals surface area contributed by atoms with Crippen LogP contribution in [0.25, 0.3) is 0 Å². The molecule has 1 saturated carbocycles. The van der Waals surface area contributed by atoms with Gasteiger partial charge in [-0.1, -0.05) is 57.0 Å². The third-order valence-corrected chi connectivity index (χ3v) is 9.00. The molecule has 3 aliphatic heterocycles. The highest BCUT2D eigenvalue weighted by Crippen LogP contribution is 2.34. The molecular weight excluding hydrogens is 464 g/mol. The Morgan fingerprint density at radius 1 is 0.946 bits per heavy atom. The van der Waals surface area contributed by atoms with Crippen molar-refractivity contribution in [2.75, 3.05) is 45.8 Å². The van der Waals surface area contributed by atoms with Crippen LogP contribution in [0.5, 0.6) is 0 Å². The van der Waals surface area contributed by atoms with Crippen LogP contribution in [0.2, 0.25) is 0 Å². The first-order valence-corrected chi connectivity index (χ1v) is 14.5. The SMILES string of the molecule is CC(C)CN1CC(C(=O)N2CC3CN(CC[C@H](NC(=O)C4CCCC4)c4ccccc4)CC3C2)CC1=O. The van der Waals surface area contributed by atoms with E-state index in [1.54, 1.807) is 0 Å². The summed E-state index contributed by atoms with van der Waals surface area (Å²) in [5.41, 5.74) is 1.18. The minimum absolute atomic E-state index is 0.0431. The van der Waals surface area contributed by atoms with E-state index in [0.717, 1.165) is 71.4 Å². The molecule has 0 bridgehead atoms. The molecule has 0 spiro atoms. The average Bonchev–Trinajstić information content (AvgIpc) is 3.66. The molecule has 7 heteroatoms. The van der Waals surface area contributed by atoms with Gasteiger partial charge in [-0.15, -0.1) is 0 Å². The van der Waals surface area contributed by atoms with Crippen LogP contribution in [0.15, 0.2) is 30.3 Å². The zero-order valence-corrected chi connectivity index (χ0v) is 22.6. The molecule has 3 saturated heterocycles. The van der Waals surface area contributed by atoms with E-state index >= 15 is 0 Å². The Kier molecular flexibility index (Phi) is 8.18. The minimum Gasteiger partial charge on any atom is -0.349 e. The second-order valence-electron chi connectivity index (χ2n) is 12.4. The van der Waals surface area contributed by atoms with Crippen molar-refractivity contribution in [3.8, 4) is 0 Å². The van der Waals surface area contributed by atoms with Crippen molar-refractivity contribution in [2.45, 2.75) is 58.4 Å². The van der Waals surface area contributed by atoms with Gasteiger partial charge in [-0.3, -0.25) is 14.4 Å². The molecule has 1 N–H and O–H groups in total. The largest absolute Gasteiger partial charge is 0.349 e. The summed E-state index contributed by atoms with van der Waals surface area (Å²) in [6.45, 7) is 10.2. The van der Waals surface area contributed by atoms with E-state index in [1.165, 1.54) is 5.56 Å². The van der Waals surface area contributed by atoms with Crippen LogP contribution in [-0.4, -0.2) is 78.2 Å². The average molecular weight is 509 g/mol. The van der Waals surface area contributed by atoms with Crippen molar-refractivity contribution in [3.63, 3.8) is 0 Å². The molecule has 1 aromatic rings. The van der Waals surface area contributed by atoms with Crippen LogP contribution in [0, 0.1) is 29.6 Å². The Bertz CT molecular complexity index is 947. The Morgan fingerprint density at radius 3 is 2.27 bits per heavy atom. The van der Waals surface area contributed by atoms with Gasteiger partial charge in [0.15, 0.2) is 0 Å². The van der Waals surface area contributed by atoms with Gasteiger partial charge in [0, 0.05) is 58.2 Å². The van der Waals surface area contributed by atoms with Gasteiger partial charge in [0.05, 0.1) is 12.0 Å². The molecule has 4 atom stereocenters. The van der Waals surface area contributed by atoms with E-state index in [0.29, 0.717) is 30.7 Å².